The highest BCUT2D eigenvalue weighted by atomic mass is 16.9. The molecule has 1 aromatic heterocycles. The lowest BCUT2D eigenvalue weighted by Gasteiger charge is -2.35. The quantitative estimate of drug-likeness (QED) is 0.551. The number of nitrogens with zero attached hydrogens (tertiary/aromatic N) is 5. The highest BCUT2D eigenvalue weighted by Crippen LogP contribution is 2.35. The van der Waals surface area contributed by atoms with E-state index in [2.05, 4.69) is 19.8 Å². The Labute approximate surface area is 162 Å². The Kier molecular flexibility index (Phi) is 7.52. The fraction of sp³-hybridized carbons (Fsp3) is 0.529. The molecule has 3 rings (SSSR count). The molecule has 0 unspecified atom stereocenters. The van der Waals surface area contributed by atoms with Crippen molar-refractivity contribution in [3.63, 3.8) is 0 Å². The number of anilines is 1. The lowest BCUT2D eigenvalue weighted by atomic mass is 10.1. The lowest BCUT2D eigenvalue weighted by Crippen LogP contribution is -2.47. The number of methoxy groups -OCH3 is 2. The molecule has 1 saturated heterocycles. The van der Waals surface area contributed by atoms with Crippen LogP contribution in [0.3, 0.4) is 0 Å². The fourth-order valence-electron chi connectivity index (χ4n) is 3.12. The van der Waals surface area contributed by atoms with E-state index < -0.39 is 5.09 Å². The number of piperazine rings is 1. The number of ether oxygens (including phenoxy) is 2. The molecule has 154 valence electrons. The summed E-state index contributed by atoms with van der Waals surface area (Å²) in [4.78, 5) is 22.1. The first kappa shape index (κ1) is 21.4. The summed E-state index contributed by atoms with van der Waals surface area (Å²) >= 11 is 0. The molecule has 0 spiro atoms. The molecule has 2 aromatic rings. The number of aromatic nitrogens is 2. The van der Waals surface area contributed by atoms with Gasteiger partial charge in [0, 0.05) is 44.2 Å². The van der Waals surface area contributed by atoms with E-state index >= 15 is 0 Å². The molecule has 28 heavy (non-hydrogen) atoms. The van der Waals surface area contributed by atoms with Crippen LogP contribution < -0.4 is 14.4 Å². The Hall–Kier alpha value is -2.92. The molecular weight excluding hydrogens is 370 g/mol. The summed E-state index contributed by atoms with van der Waals surface area (Å²) in [5.41, 5.74) is 0.855. The topological polar surface area (TPSA) is 134 Å². The number of hydrogen-bond donors (Lipinski definition) is 2. The van der Waals surface area contributed by atoms with Crippen LogP contribution in [0.5, 0.6) is 11.5 Å². The van der Waals surface area contributed by atoms with Crippen molar-refractivity contribution in [3.05, 3.63) is 28.1 Å². The van der Waals surface area contributed by atoms with E-state index in [1.54, 1.807) is 14.2 Å². The minimum absolute atomic E-state index is 0.201. The summed E-state index contributed by atoms with van der Waals surface area (Å²) in [5.74, 6) is 3.02. The Bertz CT molecular complexity index is 806. The molecule has 0 bridgehead atoms. The maximum absolute atomic E-state index is 9.08. The molecule has 11 heteroatoms. The zero-order chi connectivity index (χ0) is 20.7. The van der Waals surface area contributed by atoms with Crippen LogP contribution in [-0.4, -0.2) is 83.8 Å². The van der Waals surface area contributed by atoms with Gasteiger partial charge in [-0.25, -0.2) is 9.97 Å². The van der Waals surface area contributed by atoms with Gasteiger partial charge in [-0.05, 0) is 13.0 Å². The monoisotopic (exact) mass is 395 g/mol. The third-order valence-electron chi connectivity index (χ3n) is 4.38. The van der Waals surface area contributed by atoms with Crippen LogP contribution in [0.2, 0.25) is 0 Å². The van der Waals surface area contributed by atoms with Crippen LogP contribution in [0.4, 0.5) is 5.82 Å². The first-order chi connectivity index (χ1) is 13.4. The van der Waals surface area contributed by atoms with Crippen LogP contribution in [-0.2, 0) is 0 Å². The predicted molar refractivity (Wildman–Crippen MR) is 102 cm³/mol. The second-order valence-electron chi connectivity index (χ2n) is 6.11. The summed E-state index contributed by atoms with van der Waals surface area (Å²) in [6, 6.07) is 3.84. The highest BCUT2D eigenvalue weighted by Gasteiger charge is 2.21. The molecule has 2 heterocycles. The minimum Gasteiger partial charge on any atom is -0.493 e. The minimum atomic E-state index is -1.50. The number of β-amino-alcohol motifs (C(OH)–C–C–N with tert-alkyl or cyclic N) is 1. The fourth-order valence-corrected chi connectivity index (χ4v) is 3.12. The lowest BCUT2D eigenvalue weighted by molar-refractivity contribution is -0.742. The molecule has 0 aliphatic carbocycles. The summed E-state index contributed by atoms with van der Waals surface area (Å²) in [7, 11) is 3.26. The van der Waals surface area contributed by atoms with Crippen LogP contribution in [0.25, 0.3) is 10.9 Å². The number of aliphatic hydroxyl groups is 1. The summed E-state index contributed by atoms with van der Waals surface area (Å²) < 4.78 is 10.8. The number of aliphatic hydroxyl groups excluding tert-OH is 1. The molecular formula is C17H25N5O6. The smallest absolute Gasteiger partial charge is 0.291 e. The van der Waals surface area contributed by atoms with E-state index in [4.69, 9.17) is 29.9 Å². The first-order valence-corrected chi connectivity index (χ1v) is 8.71. The van der Waals surface area contributed by atoms with Crippen LogP contribution in [0, 0.1) is 17.0 Å². The predicted octanol–water partition coefficient (Wildman–Crippen LogP) is 0.722. The van der Waals surface area contributed by atoms with Gasteiger partial charge in [-0.3, -0.25) is 4.90 Å². The SMILES string of the molecule is COc1cc2nc(C)nc(N3CCN(CCO)CC3)c2cc1OC.O=[N+]([O-])O. The normalized spacial score (nSPS) is 14.4. The standard InChI is InChI=1S/C17H24N4O3.HNO3/c1-12-18-14-11-16(24-3)15(23-2)10-13(14)17(19-12)21-6-4-20(5-7-21)8-9-22;2-1(3)4/h10-11,22H,4-9H2,1-3H3;(H,2,3,4). The maximum atomic E-state index is 9.08. The Morgan fingerprint density at radius 2 is 1.71 bits per heavy atom. The van der Waals surface area contributed by atoms with E-state index in [-0.39, 0.29) is 6.61 Å². The van der Waals surface area contributed by atoms with Crippen molar-refractivity contribution in [2.24, 2.45) is 0 Å². The van der Waals surface area contributed by atoms with E-state index in [9.17, 15) is 0 Å². The van der Waals surface area contributed by atoms with Gasteiger partial charge < -0.3 is 24.7 Å². The number of rotatable bonds is 5. The first-order valence-electron chi connectivity index (χ1n) is 8.71. The van der Waals surface area contributed by atoms with Crippen LogP contribution in [0.1, 0.15) is 5.82 Å². The van der Waals surface area contributed by atoms with Gasteiger partial charge in [0.25, 0.3) is 5.09 Å². The van der Waals surface area contributed by atoms with Crippen molar-refractivity contribution in [1.82, 2.24) is 14.9 Å². The molecule has 0 atom stereocenters. The van der Waals surface area contributed by atoms with E-state index in [1.165, 1.54) is 0 Å². The summed E-state index contributed by atoms with van der Waals surface area (Å²) in [5, 5.41) is 23.7. The molecule has 1 aliphatic rings. The molecule has 11 nitrogen and oxygen atoms in total. The van der Waals surface area contributed by atoms with E-state index in [1.807, 2.05) is 19.1 Å². The molecule has 1 aliphatic heterocycles. The number of aryl methyl sites for hydroxylation is 1. The van der Waals surface area contributed by atoms with Gasteiger partial charge in [0.05, 0.1) is 26.3 Å². The van der Waals surface area contributed by atoms with Crippen LogP contribution in [0.15, 0.2) is 12.1 Å². The van der Waals surface area contributed by atoms with Crippen molar-refractivity contribution in [1.29, 1.82) is 0 Å². The average molecular weight is 395 g/mol. The number of fused-ring (bicyclic) bond motifs is 1. The van der Waals surface area contributed by atoms with Crippen molar-refractivity contribution in [2.45, 2.75) is 6.92 Å². The number of benzene rings is 1. The van der Waals surface area contributed by atoms with Gasteiger partial charge in [0.15, 0.2) is 11.5 Å². The van der Waals surface area contributed by atoms with Gasteiger partial charge >= 0.3 is 0 Å². The second kappa shape index (κ2) is 9.85. The zero-order valence-corrected chi connectivity index (χ0v) is 16.2. The van der Waals surface area contributed by atoms with Gasteiger partial charge in [-0.2, -0.15) is 0 Å². The molecule has 0 saturated carbocycles. The maximum Gasteiger partial charge on any atom is 0.291 e. The molecule has 0 radical (unpaired) electrons. The van der Waals surface area contributed by atoms with E-state index in [0.717, 1.165) is 55.3 Å². The number of hydrogen-bond acceptors (Lipinski definition) is 9. The van der Waals surface area contributed by atoms with E-state index in [0.29, 0.717) is 11.5 Å². The second-order valence-corrected chi connectivity index (χ2v) is 6.11. The Morgan fingerprint density at radius 3 is 2.25 bits per heavy atom. The average Bonchev–Trinajstić information content (AvgIpc) is 2.66. The van der Waals surface area contributed by atoms with Crippen LogP contribution >= 0.6 is 0 Å². The van der Waals surface area contributed by atoms with Crippen molar-refractivity contribution < 1.29 is 24.9 Å². The molecule has 1 fully saturated rings. The van der Waals surface area contributed by atoms with Gasteiger partial charge in [-0.1, -0.05) is 0 Å². The van der Waals surface area contributed by atoms with Crippen molar-refractivity contribution >= 4 is 16.7 Å². The zero-order valence-electron chi connectivity index (χ0n) is 16.2. The Morgan fingerprint density at radius 1 is 1.14 bits per heavy atom. The molecule has 0 amide bonds. The molecule has 1 aromatic carbocycles. The van der Waals surface area contributed by atoms with Gasteiger partial charge in [0.2, 0.25) is 0 Å². The third kappa shape index (κ3) is 5.30. The summed E-state index contributed by atoms with van der Waals surface area (Å²) in [6.07, 6.45) is 0. The van der Waals surface area contributed by atoms with Gasteiger partial charge in [0.1, 0.15) is 11.6 Å². The largest absolute Gasteiger partial charge is 0.493 e. The summed E-state index contributed by atoms with van der Waals surface area (Å²) in [6.45, 7) is 6.41. The van der Waals surface area contributed by atoms with Gasteiger partial charge in [-0.15, -0.1) is 10.1 Å². The van der Waals surface area contributed by atoms with Crippen molar-refractivity contribution in [2.75, 3.05) is 58.5 Å². The van der Waals surface area contributed by atoms with Crippen molar-refractivity contribution in [3.8, 4) is 11.5 Å². The third-order valence-corrected chi connectivity index (χ3v) is 4.38. The highest BCUT2D eigenvalue weighted by molar-refractivity contribution is 5.92. The Balaban J connectivity index is 0.000000640. The molecule has 2 N–H and O–H groups in total.